The van der Waals surface area contributed by atoms with Crippen LogP contribution in [0.4, 0.5) is 4.39 Å². The lowest BCUT2D eigenvalue weighted by Gasteiger charge is -2.32. The van der Waals surface area contributed by atoms with Crippen molar-refractivity contribution in [1.29, 1.82) is 5.26 Å². The third-order valence-corrected chi connectivity index (χ3v) is 7.48. The Bertz CT molecular complexity index is 1280. The van der Waals surface area contributed by atoms with Crippen LogP contribution in [0.2, 0.25) is 0 Å². The lowest BCUT2D eigenvalue weighted by Crippen LogP contribution is -2.52. The molecule has 1 N–H and O–H groups in total. The minimum atomic E-state index is -0.712. The number of hydrogen-bond acceptors (Lipinski definition) is 6. The number of hydrogen-bond donors (Lipinski definition) is 1. The molecule has 0 aliphatic carbocycles. The number of imide groups is 1. The summed E-state index contributed by atoms with van der Waals surface area (Å²) < 4.78 is 20.6. The number of benzene rings is 2. The zero-order valence-corrected chi connectivity index (χ0v) is 20.1. The molecule has 3 aliphatic rings. The Morgan fingerprint density at radius 2 is 1.92 bits per heavy atom. The van der Waals surface area contributed by atoms with Crippen LogP contribution >= 0.6 is 0 Å². The van der Waals surface area contributed by atoms with Gasteiger partial charge in [-0.1, -0.05) is 12.1 Å². The molecule has 5 rings (SSSR count). The van der Waals surface area contributed by atoms with E-state index in [4.69, 9.17) is 10.00 Å². The Labute approximate surface area is 208 Å². The van der Waals surface area contributed by atoms with Crippen molar-refractivity contribution in [3.05, 3.63) is 64.0 Å². The highest BCUT2D eigenvalue weighted by Crippen LogP contribution is 2.36. The maximum atomic E-state index is 15.2. The van der Waals surface area contributed by atoms with E-state index in [1.807, 2.05) is 6.07 Å². The summed E-state index contributed by atoms with van der Waals surface area (Å²) in [5.74, 6) is -0.840. The topological polar surface area (TPSA) is 103 Å². The third-order valence-electron chi connectivity index (χ3n) is 7.48. The zero-order chi connectivity index (χ0) is 25.4. The van der Waals surface area contributed by atoms with Crippen LogP contribution in [0.15, 0.2) is 30.3 Å². The van der Waals surface area contributed by atoms with E-state index in [1.54, 1.807) is 25.3 Å². The van der Waals surface area contributed by atoms with Crippen LogP contribution in [0, 0.1) is 17.1 Å². The van der Waals surface area contributed by atoms with Gasteiger partial charge in [-0.3, -0.25) is 24.6 Å². The minimum Gasteiger partial charge on any atom is -0.496 e. The van der Waals surface area contributed by atoms with Crippen molar-refractivity contribution in [3.63, 3.8) is 0 Å². The van der Waals surface area contributed by atoms with Crippen LogP contribution in [-0.2, 0) is 22.7 Å². The van der Waals surface area contributed by atoms with Crippen molar-refractivity contribution in [2.24, 2.45) is 0 Å². The summed E-state index contributed by atoms with van der Waals surface area (Å²) in [7, 11) is 1.59. The molecule has 2 saturated heterocycles. The molecule has 3 aliphatic heterocycles. The molecule has 2 aromatic rings. The van der Waals surface area contributed by atoms with Gasteiger partial charge in [0.2, 0.25) is 11.8 Å². The number of piperidine rings is 2. The van der Waals surface area contributed by atoms with Crippen molar-refractivity contribution >= 4 is 17.7 Å². The molecule has 36 heavy (non-hydrogen) atoms. The summed E-state index contributed by atoms with van der Waals surface area (Å²) in [6, 6.07) is 9.94. The molecule has 2 fully saturated rings. The molecular weight excluding hydrogens is 463 g/mol. The maximum absolute atomic E-state index is 15.2. The molecule has 8 nitrogen and oxygen atoms in total. The second kappa shape index (κ2) is 9.70. The first-order valence-corrected chi connectivity index (χ1v) is 12.1. The summed E-state index contributed by atoms with van der Waals surface area (Å²) in [5.41, 5.74) is 3.20. The monoisotopic (exact) mass is 490 g/mol. The molecule has 3 heterocycles. The highest BCUT2D eigenvalue weighted by Gasteiger charge is 2.40. The molecule has 2 aromatic carbocycles. The normalized spacial score (nSPS) is 20.8. The zero-order valence-electron chi connectivity index (χ0n) is 20.1. The average Bonchev–Trinajstić information content (AvgIpc) is 3.19. The number of carbonyl (C=O) groups excluding carboxylic acids is 3. The van der Waals surface area contributed by atoms with Crippen LogP contribution in [0.1, 0.15) is 64.2 Å². The number of carbonyl (C=O) groups is 3. The molecule has 3 amide bonds. The number of halogens is 1. The van der Waals surface area contributed by atoms with Crippen LogP contribution in [0.25, 0.3) is 0 Å². The number of amides is 3. The number of nitrogens with zero attached hydrogens (tertiary/aromatic N) is 3. The lowest BCUT2D eigenvalue weighted by molar-refractivity contribution is -0.136. The number of ether oxygens (including phenoxy) is 1. The first kappa shape index (κ1) is 23.9. The molecule has 0 bridgehead atoms. The summed E-state index contributed by atoms with van der Waals surface area (Å²) in [6.45, 7) is 2.49. The molecular formula is C27H27FN4O4. The Kier molecular flexibility index (Phi) is 6.46. The van der Waals surface area contributed by atoms with Crippen molar-refractivity contribution < 1.29 is 23.5 Å². The Balaban J connectivity index is 1.26. The first-order valence-electron chi connectivity index (χ1n) is 12.1. The van der Waals surface area contributed by atoms with Gasteiger partial charge in [-0.05, 0) is 67.6 Å². The second-order valence-electron chi connectivity index (χ2n) is 9.62. The highest BCUT2D eigenvalue weighted by molar-refractivity contribution is 6.05. The lowest BCUT2D eigenvalue weighted by atomic mass is 9.87. The fourth-order valence-corrected chi connectivity index (χ4v) is 5.51. The van der Waals surface area contributed by atoms with Crippen molar-refractivity contribution in [2.75, 3.05) is 20.2 Å². The SMILES string of the molecule is COc1cc(C#N)ccc1CN1CCC(c2cc3c(cc2F)C(=O)N(C2CCC(=O)NC2=O)C3)CC1. The number of nitriles is 1. The predicted molar refractivity (Wildman–Crippen MR) is 127 cm³/mol. The van der Waals surface area contributed by atoms with Gasteiger partial charge in [-0.25, -0.2) is 4.39 Å². The molecule has 1 unspecified atom stereocenters. The van der Waals surface area contributed by atoms with Crippen LogP contribution in [0.3, 0.4) is 0 Å². The molecule has 186 valence electrons. The van der Waals surface area contributed by atoms with Gasteiger partial charge in [0, 0.05) is 30.6 Å². The van der Waals surface area contributed by atoms with E-state index in [-0.39, 0.29) is 42.9 Å². The molecule has 1 atom stereocenters. The summed E-state index contributed by atoms with van der Waals surface area (Å²) >= 11 is 0. The Morgan fingerprint density at radius 3 is 2.61 bits per heavy atom. The number of methoxy groups -OCH3 is 1. The van der Waals surface area contributed by atoms with Gasteiger partial charge in [0.25, 0.3) is 5.91 Å². The average molecular weight is 491 g/mol. The maximum Gasteiger partial charge on any atom is 0.255 e. The second-order valence-corrected chi connectivity index (χ2v) is 9.62. The number of nitrogens with one attached hydrogen (secondary N) is 1. The Morgan fingerprint density at radius 1 is 1.14 bits per heavy atom. The number of fused-ring (bicyclic) bond motifs is 1. The van der Waals surface area contributed by atoms with Crippen LogP contribution in [-0.4, -0.2) is 53.8 Å². The smallest absolute Gasteiger partial charge is 0.255 e. The first-order chi connectivity index (χ1) is 17.4. The summed E-state index contributed by atoms with van der Waals surface area (Å²) in [4.78, 5) is 40.4. The quantitative estimate of drug-likeness (QED) is 0.647. The van der Waals surface area contributed by atoms with E-state index in [9.17, 15) is 14.4 Å². The van der Waals surface area contributed by atoms with E-state index in [1.165, 1.54) is 11.0 Å². The molecule has 0 saturated carbocycles. The van der Waals surface area contributed by atoms with Gasteiger partial charge >= 0.3 is 0 Å². The summed E-state index contributed by atoms with van der Waals surface area (Å²) in [6.07, 6.45) is 2.02. The fourth-order valence-electron chi connectivity index (χ4n) is 5.51. The van der Waals surface area contributed by atoms with Crippen LogP contribution < -0.4 is 10.1 Å². The van der Waals surface area contributed by atoms with E-state index >= 15 is 4.39 Å². The number of rotatable bonds is 5. The van der Waals surface area contributed by atoms with E-state index in [0.29, 0.717) is 29.0 Å². The van der Waals surface area contributed by atoms with Crippen molar-refractivity contribution in [2.45, 2.75) is 50.7 Å². The molecule has 9 heteroatoms. The van der Waals surface area contributed by atoms with Crippen molar-refractivity contribution in [1.82, 2.24) is 15.1 Å². The van der Waals surface area contributed by atoms with E-state index < -0.39 is 11.9 Å². The predicted octanol–water partition coefficient (Wildman–Crippen LogP) is 2.85. The molecule has 0 spiro atoms. The highest BCUT2D eigenvalue weighted by atomic mass is 19.1. The molecule has 0 radical (unpaired) electrons. The van der Waals surface area contributed by atoms with Crippen LogP contribution in [0.5, 0.6) is 5.75 Å². The van der Waals surface area contributed by atoms with Crippen molar-refractivity contribution in [3.8, 4) is 11.8 Å². The van der Waals surface area contributed by atoms with E-state index in [2.05, 4.69) is 16.3 Å². The minimum absolute atomic E-state index is 0.0363. The summed E-state index contributed by atoms with van der Waals surface area (Å²) in [5, 5.41) is 11.4. The van der Waals surface area contributed by atoms with Gasteiger partial charge in [-0.2, -0.15) is 5.26 Å². The fraction of sp³-hybridized carbons (Fsp3) is 0.407. The van der Waals surface area contributed by atoms with Gasteiger partial charge in [-0.15, -0.1) is 0 Å². The standard InChI is InChI=1S/C27H27FN4O4/c1-36-24-10-16(13-29)2-3-18(24)14-31-8-6-17(7-9-31)20-11-19-15-32(27(35)21(19)12-22(20)28)23-4-5-25(33)30-26(23)34/h2-3,10-12,17,23H,4-9,14-15H2,1H3,(H,30,33,34). The largest absolute Gasteiger partial charge is 0.496 e. The van der Waals surface area contributed by atoms with Gasteiger partial charge in [0.15, 0.2) is 0 Å². The third kappa shape index (κ3) is 4.44. The van der Waals surface area contributed by atoms with Gasteiger partial charge in [0.1, 0.15) is 17.6 Å². The van der Waals surface area contributed by atoms with E-state index in [0.717, 1.165) is 37.1 Å². The van der Waals surface area contributed by atoms with Gasteiger partial charge in [0.05, 0.1) is 18.7 Å². The van der Waals surface area contributed by atoms with Gasteiger partial charge < -0.3 is 9.64 Å². The Hall–Kier alpha value is -3.77. The number of likely N-dealkylation sites (tertiary alicyclic amines) is 1. The molecule has 0 aromatic heterocycles.